The molecule has 1 atom stereocenters. The van der Waals surface area contributed by atoms with Gasteiger partial charge in [0.05, 0.1) is 17.9 Å². The van der Waals surface area contributed by atoms with Crippen molar-refractivity contribution in [2.45, 2.75) is 31.8 Å². The van der Waals surface area contributed by atoms with Gasteiger partial charge in [-0.05, 0) is 44.2 Å². The summed E-state index contributed by atoms with van der Waals surface area (Å²) in [6.07, 6.45) is 3.25. The molecule has 5 heteroatoms. The molecule has 2 fully saturated rings. The molecule has 0 bridgehead atoms. The van der Waals surface area contributed by atoms with Crippen LogP contribution in [0.3, 0.4) is 0 Å². The van der Waals surface area contributed by atoms with Crippen LogP contribution in [0.5, 0.6) is 5.88 Å². The fraction of sp³-hybridized carbons (Fsp3) is 0.643. The SMILES string of the molecule is CC1(O)CCN(c2ccc(N)c(OCC3CC3)n2)C1. The molecular weight excluding hydrogens is 242 g/mol. The zero-order chi connectivity index (χ0) is 13.5. The molecule has 19 heavy (non-hydrogen) atoms. The van der Waals surface area contributed by atoms with E-state index in [1.165, 1.54) is 12.8 Å². The Balaban J connectivity index is 1.72. The molecule has 5 nitrogen and oxygen atoms in total. The van der Waals surface area contributed by atoms with Crippen molar-refractivity contribution in [3.8, 4) is 5.88 Å². The lowest BCUT2D eigenvalue weighted by molar-refractivity contribution is 0.0839. The Hall–Kier alpha value is -1.49. The molecule has 1 aliphatic heterocycles. The molecule has 2 heterocycles. The molecule has 1 saturated heterocycles. The molecule has 2 aliphatic rings. The van der Waals surface area contributed by atoms with Gasteiger partial charge in [-0.25, -0.2) is 0 Å². The zero-order valence-corrected chi connectivity index (χ0v) is 11.3. The van der Waals surface area contributed by atoms with Gasteiger partial charge in [0.2, 0.25) is 5.88 Å². The highest BCUT2D eigenvalue weighted by Crippen LogP contribution is 2.32. The van der Waals surface area contributed by atoms with Gasteiger partial charge in [0.25, 0.3) is 0 Å². The maximum absolute atomic E-state index is 10.0. The Kier molecular flexibility index (Phi) is 3.01. The number of aromatic nitrogens is 1. The molecule has 0 spiro atoms. The highest BCUT2D eigenvalue weighted by molar-refractivity contribution is 5.55. The van der Waals surface area contributed by atoms with Crippen molar-refractivity contribution in [1.82, 2.24) is 4.98 Å². The van der Waals surface area contributed by atoms with Crippen LogP contribution < -0.4 is 15.4 Å². The standard InChI is InChI=1S/C14H21N3O2/c1-14(18)6-7-17(9-14)12-5-4-11(15)13(16-12)19-8-10-2-3-10/h4-5,10,18H,2-3,6-9,15H2,1H3. The predicted octanol–water partition coefficient (Wildman–Crippen LogP) is 1.41. The second kappa shape index (κ2) is 4.56. The monoisotopic (exact) mass is 263 g/mol. The van der Waals surface area contributed by atoms with Gasteiger partial charge < -0.3 is 20.5 Å². The predicted molar refractivity (Wildman–Crippen MR) is 74.3 cm³/mol. The lowest BCUT2D eigenvalue weighted by Gasteiger charge is -2.20. The van der Waals surface area contributed by atoms with Gasteiger partial charge in [0, 0.05) is 13.1 Å². The Bertz CT molecular complexity index is 472. The van der Waals surface area contributed by atoms with Crippen LogP contribution in [0, 0.1) is 5.92 Å². The first-order chi connectivity index (χ1) is 9.03. The molecule has 1 aromatic rings. The van der Waals surface area contributed by atoms with Gasteiger partial charge in [0.1, 0.15) is 5.82 Å². The number of anilines is 2. The van der Waals surface area contributed by atoms with Crippen LogP contribution in [0.15, 0.2) is 12.1 Å². The molecule has 1 aliphatic carbocycles. The highest BCUT2D eigenvalue weighted by atomic mass is 16.5. The van der Waals surface area contributed by atoms with Crippen molar-refractivity contribution in [2.75, 3.05) is 30.3 Å². The van der Waals surface area contributed by atoms with Gasteiger partial charge in [-0.15, -0.1) is 0 Å². The number of rotatable bonds is 4. The number of nitrogens with zero attached hydrogens (tertiary/aromatic N) is 2. The summed E-state index contributed by atoms with van der Waals surface area (Å²) in [7, 11) is 0. The van der Waals surface area contributed by atoms with Crippen LogP contribution in [0.25, 0.3) is 0 Å². The third-order valence-corrected chi connectivity index (χ3v) is 3.80. The first-order valence-electron chi connectivity index (χ1n) is 6.90. The van der Waals surface area contributed by atoms with E-state index in [4.69, 9.17) is 10.5 Å². The summed E-state index contributed by atoms with van der Waals surface area (Å²) < 4.78 is 5.69. The van der Waals surface area contributed by atoms with Crippen LogP contribution in [0.2, 0.25) is 0 Å². The molecule has 3 N–H and O–H groups in total. The van der Waals surface area contributed by atoms with E-state index in [1.807, 2.05) is 19.1 Å². The van der Waals surface area contributed by atoms with Crippen LogP contribution >= 0.6 is 0 Å². The molecule has 104 valence electrons. The summed E-state index contributed by atoms with van der Waals surface area (Å²) in [4.78, 5) is 6.56. The Labute approximate surface area is 113 Å². The minimum absolute atomic E-state index is 0.524. The van der Waals surface area contributed by atoms with Crippen molar-refractivity contribution < 1.29 is 9.84 Å². The number of nitrogens with two attached hydrogens (primary N) is 1. The average molecular weight is 263 g/mol. The topological polar surface area (TPSA) is 71.6 Å². The summed E-state index contributed by atoms with van der Waals surface area (Å²) in [6.45, 7) is 3.98. The van der Waals surface area contributed by atoms with E-state index in [0.29, 0.717) is 30.6 Å². The summed E-state index contributed by atoms with van der Waals surface area (Å²) in [6, 6.07) is 3.72. The van der Waals surface area contributed by atoms with Crippen molar-refractivity contribution in [2.24, 2.45) is 5.92 Å². The number of ether oxygens (including phenoxy) is 1. The molecule has 1 saturated carbocycles. The number of aliphatic hydroxyl groups is 1. The van der Waals surface area contributed by atoms with Gasteiger partial charge in [-0.3, -0.25) is 0 Å². The van der Waals surface area contributed by atoms with Gasteiger partial charge in [0.15, 0.2) is 0 Å². The van der Waals surface area contributed by atoms with Crippen molar-refractivity contribution in [3.05, 3.63) is 12.1 Å². The third-order valence-electron chi connectivity index (χ3n) is 3.80. The smallest absolute Gasteiger partial charge is 0.239 e. The molecule has 3 rings (SSSR count). The Morgan fingerprint density at radius 3 is 2.95 bits per heavy atom. The van der Waals surface area contributed by atoms with Crippen molar-refractivity contribution in [3.63, 3.8) is 0 Å². The van der Waals surface area contributed by atoms with Gasteiger partial charge >= 0.3 is 0 Å². The third kappa shape index (κ3) is 2.92. The molecular formula is C14H21N3O2. The fourth-order valence-corrected chi connectivity index (χ4v) is 2.36. The van der Waals surface area contributed by atoms with Crippen LogP contribution in [0.1, 0.15) is 26.2 Å². The number of pyridine rings is 1. The molecule has 0 aromatic carbocycles. The minimum Gasteiger partial charge on any atom is -0.476 e. The Morgan fingerprint density at radius 2 is 2.32 bits per heavy atom. The van der Waals surface area contributed by atoms with Crippen molar-refractivity contribution >= 4 is 11.5 Å². The van der Waals surface area contributed by atoms with E-state index >= 15 is 0 Å². The number of hydrogen-bond donors (Lipinski definition) is 2. The maximum Gasteiger partial charge on any atom is 0.239 e. The van der Waals surface area contributed by atoms with Crippen LogP contribution in [-0.4, -0.2) is 35.4 Å². The van der Waals surface area contributed by atoms with E-state index < -0.39 is 5.60 Å². The summed E-state index contributed by atoms with van der Waals surface area (Å²) in [5.41, 5.74) is 5.84. The molecule has 0 amide bonds. The van der Waals surface area contributed by atoms with Gasteiger partial charge in [-0.2, -0.15) is 4.98 Å². The average Bonchev–Trinajstić information content (AvgIpc) is 3.12. The summed E-state index contributed by atoms with van der Waals surface area (Å²) >= 11 is 0. The molecule has 1 aromatic heterocycles. The fourth-order valence-electron chi connectivity index (χ4n) is 2.36. The van der Waals surface area contributed by atoms with Crippen molar-refractivity contribution in [1.29, 1.82) is 0 Å². The first kappa shape index (κ1) is 12.5. The number of β-amino-alcohol motifs (C(OH)–C–C–N with tert-alkyl or cyclic N) is 1. The zero-order valence-electron chi connectivity index (χ0n) is 11.3. The lowest BCUT2D eigenvalue weighted by Crippen LogP contribution is -2.30. The Morgan fingerprint density at radius 1 is 1.53 bits per heavy atom. The minimum atomic E-state index is -0.627. The second-order valence-corrected chi connectivity index (χ2v) is 5.99. The molecule has 1 unspecified atom stereocenters. The van der Waals surface area contributed by atoms with E-state index in [0.717, 1.165) is 18.8 Å². The van der Waals surface area contributed by atoms with Crippen LogP contribution in [-0.2, 0) is 0 Å². The maximum atomic E-state index is 10.0. The highest BCUT2D eigenvalue weighted by Gasteiger charge is 2.32. The van der Waals surface area contributed by atoms with E-state index in [9.17, 15) is 5.11 Å². The summed E-state index contributed by atoms with van der Waals surface area (Å²) in [5.74, 6) is 2.03. The quantitative estimate of drug-likeness (QED) is 0.859. The number of hydrogen-bond acceptors (Lipinski definition) is 5. The van der Waals surface area contributed by atoms with Crippen LogP contribution in [0.4, 0.5) is 11.5 Å². The molecule has 0 radical (unpaired) electrons. The second-order valence-electron chi connectivity index (χ2n) is 5.99. The largest absolute Gasteiger partial charge is 0.476 e. The lowest BCUT2D eigenvalue weighted by atomic mass is 10.1. The van der Waals surface area contributed by atoms with E-state index in [2.05, 4.69) is 9.88 Å². The first-order valence-corrected chi connectivity index (χ1v) is 6.90. The summed E-state index contributed by atoms with van der Waals surface area (Å²) in [5, 5.41) is 10.0. The van der Waals surface area contributed by atoms with E-state index in [-0.39, 0.29) is 0 Å². The van der Waals surface area contributed by atoms with E-state index in [1.54, 1.807) is 0 Å². The van der Waals surface area contributed by atoms with Gasteiger partial charge in [-0.1, -0.05) is 0 Å². The number of nitrogen functional groups attached to an aromatic ring is 1. The normalized spacial score (nSPS) is 26.7.